The maximum absolute atomic E-state index is 12.3. The van der Waals surface area contributed by atoms with Crippen LogP contribution in [0, 0.1) is 11.8 Å². The average Bonchev–Trinajstić information content (AvgIpc) is 3.04. The zero-order valence-electron chi connectivity index (χ0n) is 15.3. The monoisotopic (exact) mass is 403 g/mol. The molecule has 3 aliphatic rings. The molecule has 148 valence electrons. The molecule has 0 bridgehead atoms. The van der Waals surface area contributed by atoms with Crippen LogP contribution in [0.2, 0.25) is 0 Å². The molecule has 1 saturated heterocycles. The smallest absolute Gasteiger partial charge is 0.531 e. The van der Waals surface area contributed by atoms with Gasteiger partial charge in [0.15, 0.2) is 0 Å². The first kappa shape index (κ1) is 18.2. The number of H-pyrrole nitrogens is 1. The lowest BCUT2D eigenvalue weighted by molar-refractivity contribution is -0.0327. The summed E-state index contributed by atoms with van der Waals surface area (Å²) in [4.78, 5) is 7.41. The molecule has 2 fully saturated rings. The van der Waals surface area contributed by atoms with Crippen molar-refractivity contribution in [2.24, 2.45) is 11.8 Å². The molecule has 5 rings (SSSR count). The van der Waals surface area contributed by atoms with Crippen molar-refractivity contribution in [2.45, 2.75) is 25.3 Å². The minimum absolute atomic E-state index is 0.0690. The molecule has 0 unspecified atom stereocenters. The number of allylic oxidation sites excluding steroid dienone is 1. The van der Waals surface area contributed by atoms with Crippen LogP contribution < -0.4 is 9.38 Å². The van der Waals surface area contributed by atoms with Gasteiger partial charge < -0.3 is 19.4 Å². The Hall–Kier alpha value is -1.88. The summed E-state index contributed by atoms with van der Waals surface area (Å²) in [7, 11) is -4.29. The van der Waals surface area contributed by atoms with Gasteiger partial charge in [0, 0.05) is 29.1 Å². The predicted molar refractivity (Wildman–Crippen MR) is 105 cm³/mol. The number of nitrogens with zero attached hydrogens (tertiary/aromatic N) is 1. The molecule has 1 saturated carbocycles. The highest BCUT2D eigenvalue weighted by atomic mass is 32.2. The summed E-state index contributed by atoms with van der Waals surface area (Å²) in [6.45, 7) is 1.34. The fourth-order valence-electron chi connectivity index (χ4n) is 4.17. The number of fused-ring (bicyclic) bond motifs is 3. The van der Waals surface area contributed by atoms with Crippen LogP contribution in [-0.2, 0) is 14.8 Å². The van der Waals surface area contributed by atoms with E-state index in [0.717, 1.165) is 22.2 Å². The van der Waals surface area contributed by atoms with Crippen LogP contribution in [0.1, 0.15) is 24.8 Å². The summed E-state index contributed by atoms with van der Waals surface area (Å²) in [5, 5.41) is 11.0. The highest BCUT2D eigenvalue weighted by Gasteiger charge is 2.39. The number of hydrogen-bond acceptors (Lipinski definition) is 6. The third-order valence-electron chi connectivity index (χ3n) is 5.84. The van der Waals surface area contributed by atoms with Crippen LogP contribution in [0.25, 0.3) is 16.6 Å². The fourth-order valence-corrected chi connectivity index (χ4v) is 5.63. The number of hydrogen-bond donors (Lipinski definition) is 3. The van der Waals surface area contributed by atoms with Gasteiger partial charge in [-0.1, -0.05) is 0 Å². The topological polar surface area (TPSA) is 114 Å². The van der Waals surface area contributed by atoms with E-state index in [1.54, 1.807) is 12.2 Å². The lowest BCUT2D eigenvalue weighted by Gasteiger charge is -2.39. The maximum Gasteiger partial charge on any atom is 0.552 e. The molecule has 0 atom stereocenters. The van der Waals surface area contributed by atoms with Gasteiger partial charge in [-0.25, -0.2) is 18.1 Å². The predicted octanol–water partition coefficient (Wildman–Crippen LogP) is 1.09. The molecule has 28 heavy (non-hydrogen) atoms. The number of ether oxygens (including phenoxy) is 1. The largest absolute Gasteiger partial charge is 0.552 e. The molecule has 2 aromatic heterocycles. The van der Waals surface area contributed by atoms with Gasteiger partial charge in [0.05, 0.1) is 25.2 Å². The van der Waals surface area contributed by atoms with Crippen molar-refractivity contribution in [3.05, 3.63) is 30.0 Å². The van der Waals surface area contributed by atoms with Crippen LogP contribution >= 0.6 is 0 Å². The van der Waals surface area contributed by atoms with E-state index in [9.17, 15) is 13.4 Å². The summed E-state index contributed by atoms with van der Waals surface area (Å²) in [6, 6.07) is 1.87. The first-order valence-corrected chi connectivity index (χ1v) is 11.2. The molecule has 3 N–H and O–H groups in total. The standard InChI is InChI=1S/C18H22BN3O5S/c23-19-7-15(17-14-1-3-20-18(14)21-8-16(17)27-19)12-5-13(6-12)22-28(24,25)4-2-11-9-26-10-11/h1,3,7-8,11-13,22-23H,2,4-6,9-10H2,(H,20,21)/t12-,13+. The molecule has 2 aliphatic heterocycles. The first-order valence-electron chi connectivity index (χ1n) is 9.59. The van der Waals surface area contributed by atoms with Gasteiger partial charge in [0.25, 0.3) is 0 Å². The van der Waals surface area contributed by atoms with Crippen molar-refractivity contribution in [2.75, 3.05) is 19.0 Å². The third kappa shape index (κ3) is 3.34. The zero-order chi connectivity index (χ0) is 19.3. The lowest BCUT2D eigenvalue weighted by atomic mass is 9.68. The number of aromatic nitrogens is 2. The number of pyridine rings is 1. The summed E-state index contributed by atoms with van der Waals surface area (Å²) >= 11 is 0. The Labute approximate surface area is 163 Å². The van der Waals surface area contributed by atoms with Crippen molar-refractivity contribution in [1.82, 2.24) is 14.7 Å². The van der Waals surface area contributed by atoms with E-state index in [0.29, 0.717) is 44.1 Å². The number of aromatic amines is 1. The van der Waals surface area contributed by atoms with Gasteiger partial charge in [0.1, 0.15) is 11.4 Å². The van der Waals surface area contributed by atoms with E-state index >= 15 is 0 Å². The Bertz CT molecular complexity index is 1030. The van der Waals surface area contributed by atoms with Crippen molar-refractivity contribution >= 4 is 33.7 Å². The van der Waals surface area contributed by atoms with Gasteiger partial charge in [-0.2, -0.15) is 0 Å². The van der Waals surface area contributed by atoms with E-state index in [1.807, 2.05) is 12.3 Å². The molecule has 8 nitrogen and oxygen atoms in total. The minimum Gasteiger partial charge on any atom is -0.531 e. The second kappa shape index (κ2) is 6.87. The highest BCUT2D eigenvalue weighted by Crippen LogP contribution is 2.46. The third-order valence-corrected chi connectivity index (χ3v) is 7.30. The van der Waals surface area contributed by atoms with Crippen LogP contribution in [-0.4, -0.2) is 55.5 Å². The van der Waals surface area contributed by atoms with Crippen LogP contribution in [0.15, 0.2) is 24.4 Å². The van der Waals surface area contributed by atoms with Gasteiger partial charge in [-0.05, 0) is 42.8 Å². The Balaban J connectivity index is 1.28. The molecular weight excluding hydrogens is 381 g/mol. The number of nitrogens with one attached hydrogen (secondary N) is 2. The normalized spacial score (nSPS) is 24.9. The van der Waals surface area contributed by atoms with Gasteiger partial charge in [0.2, 0.25) is 10.0 Å². The van der Waals surface area contributed by atoms with E-state index in [4.69, 9.17) is 9.39 Å². The summed E-state index contributed by atoms with van der Waals surface area (Å²) < 4.78 is 38.1. The Morgan fingerprint density at radius 3 is 2.93 bits per heavy atom. The second-order valence-corrected chi connectivity index (χ2v) is 9.74. The van der Waals surface area contributed by atoms with Crippen molar-refractivity contribution in [3.8, 4) is 5.75 Å². The Kier molecular flexibility index (Phi) is 4.46. The van der Waals surface area contributed by atoms with Crippen LogP contribution in [0.4, 0.5) is 0 Å². The van der Waals surface area contributed by atoms with E-state index in [2.05, 4.69) is 14.7 Å². The van der Waals surface area contributed by atoms with Crippen molar-refractivity contribution < 1.29 is 22.8 Å². The van der Waals surface area contributed by atoms with E-state index in [1.165, 1.54) is 0 Å². The molecule has 0 amide bonds. The molecule has 0 aromatic carbocycles. The quantitative estimate of drug-likeness (QED) is 0.623. The molecular formula is C18H22BN3O5S. The number of sulfonamides is 1. The maximum atomic E-state index is 12.3. The zero-order valence-corrected chi connectivity index (χ0v) is 16.1. The summed E-state index contributed by atoms with van der Waals surface area (Å²) in [6.07, 6.45) is 5.50. The Morgan fingerprint density at radius 2 is 2.18 bits per heavy atom. The van der Waals surface area contributed by atoms with Crippen LogP contribution in [0.5, 0.6) is 5.75 Å². The molecule has 10 heteroatoms. The second-order valence-electron chi connectivity index (χ2n) is 7.86. The number of rotatable bonds is 6. The van der Waals surface area contributed by atoms with Gasteiger partial charge >= 0.3 is 7.12 Å². The van der Waals surface area contributed by atoms with Gasteiger partial charge in [-0.15, -0.1) is 0 Å². The average molecular weight is 403 g/mol. The summed E-state index contributed by atoms with van der Waals surface area (Å²) in [5.41, 5.74) is 2.71. The van der Waals surface area contributed by atoms with E-state index < -0.39 is 17.1 Å². The summed E-state index contributed by atoms with van der Waals surface area (Å²) in [5.74, 6) is 2.97. The highest BCUT2D eigenvalue weighted by molar-refractivity contribution is 7.89. The molecule has 4 heterocycles. The van der Waals surface area contributed by atoms with Gasteiger partial charge in [-0.3, -0.25) is 0 Å². The molecule has 0 spiro atoms. The first-order chi connectivity index (χ1) is 13.5. The van der Waals surface area contributed by atoms with Crippen molar-refractivity contribution in [3.63, 3.8) is 0 Å². The van der Waals surface area contributed by atoms with E-state index in [-0.39, 0.29) is 17.7 Å². The van der Waals surface area contributed by atoms with Crippen LogP contribution in [0.3, 0.4) is 0 Å². The molecule has 1 aliphatic carbocycles. The Morgan fingerprint density at radius 1 is 1.36 bits per heavy atom. The fraction of sp³-hybridized carbons (Fsp3) is 0.500. The lowest BCUT2D eigenvalue weighted by Crippen LogP contribution is -2.46. The minimum atomic E-state index is -3.28. The SMILES string of the molecule is O=S(=O)(CCC1COC1)N[C@H]1C[C@@H](C2=CB(O)Oc3cnc4[nH]ccc4c32)C1. The molecule has 2 aromatic rings. The van der Waals surface area contributed by atoms with Crippen molar-refractivity contribution in [1.29, 1.82) is 0 Å². The molecule has 0 radical (unpaired) electrons.